The second-order valence-electron chi connectivity index (χ2n) is 8.89. The number of rotatable bonds is 7. The molecule has 3 aromatic carbocycles. The summed E-state index contributed by atoms with van der Waals surface area (Å²) in [5, 5.41) is 2.90. The van der Waals surface area contributed by atoms with E-state index in [2.05, 4.69) is 5.32 Å². The lowest BCUT2D eigenvalue weighted by molar-refractivity contribution is -0.140. The Morgan fingerprint density at radius 3 is 2.39 bits per heavy atom. The Labute approximate surface area is 211 Å². The van der Waals surface area contributed by atoms with Gasteiger partial charge in [-0.15, -0.1) is 0 Å². The molecule has 0 bridgehead atoms. The summed E-state index contributed by atoms with van der Waals surface area (Å²) >= 11 is 0. The Balaban J connectivity index is 1.60. The highest BCUT2D eigenvalue weighted by atomic mass is 16.5. The summed E-state index contributed by atoms with van der Waals surface area (Å²) in [5.41, 5.74) is 5.09. The molecule has 1 N–H and O–H groups in total. The van der Waals surface area contributed by atoms with Crippen LogP contribution in [-0.4, -0.2) is 29.3 Å². The Morgan fingerprint density at radius 2 is 1.69 bits per heavy atom. The molecule has 36 heavy (non-hydrogen) atoms. The fourth-order valence-corrected chi connectivity index (χ4v) is 4.48. The van der Waals surface area contributed by atoms with Gasteiger partial charge in [-0.3, -0.25) is 9.59 Å². The maximum atomic E-state index is 13.3. The molecule has 0 aromatic heterocycles. The highest BCUT2D eigenvalue weighted by Crippen LogP contribution is 2.37. The number of anilines is 1. The monoisotopic (exact) mass is 482 g/mol. The van der Waals surface area contributed by atoms with Crippen LogP contribution in [0.15, 0.2) is 90.1 Å². The topological polar surface area (TPSA) is 75.7 Å². The molecule has 1 unspecified atom stereocenters. The molecule has 0 fully saturated rings. The van der Waals surface area contributed by atoms with Crippen molar-refractivity contribution in [2.45, 2.75) is 39.7 Å². The largest absolute Gasteiger partial charge is 0.463 e. The smallest absolute Gasteiger partial charge is 0.336 e. The van der Waals surface area contributed by atoms with Gasteiger partial charge in [-0.2, -0.15) is 0 Å². The number of carbonyl (C=O) groups is 3. The fraction of sp³-hybridized carbons (Fsp3) is 0.233. The number of allylic oxidation sites excluding steroid dienone is 1. The molecule has 1 aliphatic rings. The maximum Gasteiger partial charge on any atom is 0.336 e. The fourth-order valence-electron chi connectivity index (χ4n) is 4.48. The number of benzene rings is 3. The van der Waals surface area contributed by atoms with Gasteiger partial charge in [-0.05, 0) is 56.2 Å². The van der Waals surface area contributed by atoms with Crippen molar-refractivity contribution in [2.24, 2.45) is 0 Å². The third-order valence-corrected chi connectivity index (χ3v) is 6.36. The van der Waals surface area contributed by atoms with Crippen molar-refractivity contribution < 1.29 is 19.1 Å². The van der Waals surface area contributed by atoms with E-state index in [0.29, 0.717) is 22.5 Å². The van der Waals surface area contributed by atoms with E-state index in [4.69, 9.17) is 4.74 Å². The predicted octanol–water partition coefficient (Wildman–Crippen LogP) is 5.60. The zero-order valence-electron chi connectivity index (χ0n) is 20.8. The molecule has 0 saturated carbocycles. The molecule has 0 saturated heterocycles. The van der Waals surface area contributed by atoms with Gasteiger partial charge in [-0.1, -0.05) is 60.2 Å². The number of nitrogens with one attached hydrogen (secondary N) is 1. The summed E-state index contributed by atoms with van der Waals surface area (Å²) in [5.74, 6) is -1.08. The van der Waals surface area contributed by atoms with Crippen LogP contribution in [0.4, 0.5) is 5.69 Å². The minimum absolute atomic E-state index is 0.0797. The van der Waals surface area contributed by atoms with Crippen molar-refractivity contribution in [3.05, 3.63) is 112 Å². The van der Waals surface area contributed by atoms with Gasteiger partial charge in [0.05, 0.1) is 18.7 Å². The number of amides is 2. The van der Waals surface area contributed by atoms with Crippen LogP contribution in [0.3, 0.4) is 0 Å². The third kappa shape index (κ3) is 5.54. The van der Waals surface area contributed by atoms with Crippen LogP contribution in [-0.2, 0) is 20.9 Å². The molecule has 1 heterocycles. The van der Waals surface area contributed by atoms with Crippen LogP contribution < -0.4 is 5.32 Å². The Kier molecular flexibility index (Phi) is 7.64. The average molecular weight is 483 g/mol. The molecule has 6 nitrogen and oxygen atoms in total. The van der Waals surface area contributed by atoms with Crippen LogP contribution >= 0.6 is 0 Å². The summed E-state index contributed by atoms with van der Waals surface area (Å²) in [4.78, 5) is 40.7. The molecule has 3 aromatic rings. The first-order valence-electron chi connectivity index (χ1n) is 12.1. The Morgan fingerprint density at radius 1 is 0.972 bits per heavy atom. The minimum Gasteiger partial charge on any atom is -0.463 e. The number of ether oxygens (including phenoxy) is 1. The van der Waals surface area contributed by atoms with E-state index in [1.165, 1.54) is 0 Å². The van der Waals surface area contributed by atoms with E-state index >= 15 is 0 Å². The molecule has 2 amide bonds. The van der Waals surface area contributed by atoms with E-state index in [1.807, 2.05) is 67.6 Å². The van der Waals surface area contributed by atoms with E-state index in [1.54, 1.807) is 36.9 Å². The number of aryl methyl sites for hydroxylation is 1. The predicted molar refractivity (Wildman–Crippen MR) is 139 cm³/mol. The van der Waals surface area contributed by atoms with Crippen molar-refractivity contribution >= 4 is 23.5 Å². The molecular formula is C30H30N2O4. The van der Waals surface area contributed by atoms with Gasteiger partial charge in [0.2, 0.25) is 5.91 Å². The van der Waals surface area contributed by atoms with Crippen LogP contribution in [0.5, 0.6) is 0 Å². The summed E-state index contributed by atoms with van der Waals surface area (Å²) in [7, 11) is 0. The second-order valence-corrected chi connectivity index (χ2v) is 8.89. The first-order chi connectivity index (χ1) is 17.4. The quantitative estimate of drug-likeness (QED) is 0.445. The summed E-state index contributed by atoms with van der Waals surface area (Å²) < 4.78 is 5.36. The lowest BCUT2D eigenvalue weighted by Gasteiger charge is -2.34. The molecule has 0 aliphatic carbocycles. The second kappa shape index (κ2) is 11.0. The molecule has 0 radical (unpaired) electrons. The molecule has 0 spiro atoms. The number of carbonyl (C=O) groups excluding carboxylic acids is 3. The third-order valence-electron chi connectivity index (χ3n) is 6.36. The molecule has 6 heteroatoms. The lowest BCUT2D eigenvalue weighted by Crippen LogP contribution is -2.38. The molecular weight excluding hydrogens is 452 g/mol. The standard InChI is InChI=1S/C30H30N2O4/c1-4-36-30(35)28-21(3)32(27(33)18-26(28)23-10-6-5-7-11-23)19-22-9-8-12-24(17-22)29(34)31-25-15-13-20(2)14-16-25/h5-17,26H,4,18-19H2,1-3H3,(H,31,34). The van der Waals surface area contributed by atoms with Crippen molar-refractivity contribution in [3.63, 3.8) is 0 Å². The Bertz CT molecular complexity index is 1300. The SMILES string of the molecule is CCOC(=O)C1=C(C)N(Cc2cccc(C(=O)Nc3ccc(C)cc3)c2)C(=O)CC1c1ccccc1. The number of hydrogen-bond donors (Lipinski definition) is 1. The summed E-state index contributed by atoms with van der Waals surface area (Å²) in [6.45, 7) is 6.05. The van der Waals surface area contributed by atoms with Gasteiger partial charge in [0.1, 0.15) is 0 Å². The zero-order chi connectivity index (χ0) is 25.7. The molecule has 184 valence electrons. The zero-order valence-corrected chi connectivity index (χ0v) is 20.8. The van der Waals surface area contributed by atoms with Crippen LogP contribution in [0.2, 0.25) is 0 Å². The van der Waals surface area contributed by atoms with Gasteiger partial charge >= 0.3 is 5.97 Å². The summed E-state index contributed by atoms with van der Waals surface area (Å²) in [6.07, 6.45) is 0.170. The van der Waals surface area contributed by atoms with Gasteiger partial charge in [-0.25, -0.2) is 4.79 Å². The van der Waals surface area contributed by atoms with E-state index in [0.717, 1.165) is 16.7 Å². The molecule has 4 rings (SSSR count). The van der Waals surface area contributed by atoms with Gasteiger partial charge in [0.15, 0.2) is 0 Å². The summed E-state index contributed by atoms with van der Waals surface area (Å²) in [6, 6.07) is 24.3. The highest BCUT2D eigenvalue weighted by molar-refractivity contribution is 6.04. The molecule has 1 atom stereocenters. The van der Waals surface area contributed by atoms with Crippen molar-refractivity contribution in [1.29, 1.82) is 0 Å². The van der Waals surface area contributed by atoms with E-state index in [-0.39, 0.29) is 37.3 Å². The van der Waals surface area contributed by atoms with Gasteiger partial charge in [0, 0.05) is 29.3 Å². The highest BCUT2D eigenvalue weighted by Gasteiger charge is 2.36. The van der Waals surface area contributed by atoms with Crippen molar-refractivity contribution in [2.75, 3.05) is 11.9 Å². The average Bonchev–Trinajstić information content (AvgIpc) is 2.88. The van der Waals surface area contributed by atoms with Crippen LogP contribution in [0.1, 0.15) is 53.2 Å². The minimum atomic E-state index is -0.410. The van der Waals surface area contributed by atoms with E-state index in [9.17, 15) is 14.4 Å². The van der Waals surface area contributed by atoms with Crippen molar-refractivity contribution in [1.82, 2.24) is 4.90 Å². The maximum absolute atomic E-state index is 13.3. The Hall–Kier alpha value is -4.19. The van der Waals surface area contributed by atoms with Gasteiger partial charge in [0.25, 0.3) is 5.91 Å². The first kappa shape index (κ1) is 24.9. The number of esters is 1. The van der Waals surface area contributed by atoms with Crippen LogP contribution in [0.25, 0.3) is 0 Å². The normalized spacial score (nSPS) is 15.6. The molecule has 1 aliphatic heterocycles. The first-order valence-corrected chi connectivity index (χ1v) is 12.1. The lowest BCUT2D eigenvalue weighted by atomic mass is 9.83. The van der Waals surface area contributed by atoms with E-state index < -0.39 is 5.97 Å². The van der Waals surface area contributed by atoms with Gasteiger partial charge < -0.3 is 15.0 Å². The van der Waals surface area contributed by atoms with Crippen LogP contribution in [0, 0.1) is 6.92 Å². The number of hydrogen-bond acceptors (Lipinski definition) is 4. The number of nitrogens with zero attached hydrogens (tertiary/aromatic N) is 1. The van der Waals surface area contributed by atoms with Crippen molar-refractivity contribution in [3.8, 4) is 0 Å².